The molecule has 4 aromatic heterocycles. The molecule has 12 rings (SSSR count). The average molecular weight is 768 g/mol. The molecule has 0 radical (unpaired) electrons. The zero-order valence-electron chi connectivity index (χ0n) is 32.2. The predicted molar refractivity (Wildman–Crippen MR) is 245 cm³/mol. The molecule has 8 aromatic carbocycles. The SMILES string of the molecule is O=c1c2ccccc2c2cc(-c3ccc4c(c3)c3ccccc3n4-c3nc(-c4ccccc4)nc(-c4ccccc4)n3)cc3c(-c4ccccc4)c(-c4ccccc4)n1c32. The monoisotopic (exact) mass is 767 g/mol. The van der Waals surface area contributed by atoms with Crippen molar-refractivity contribution in [3.05, 3.63) is 211 Å². The number of benzene rings is 8. The number of pyridine rings is 1. The highest BCUT2D eigenvalue weighted by molar-refractivity contribution is 6.20. The molecular weight excluding hydrogens is 735 g/mol. The average Bonchev–Trinajstić information content (AvgIpc) is 3.85. The van der Waals surface area contributed by atoms with Gasteiger partial charge in [-0.15, -0.1) is 0 Å². The van der Waals surface area contributed by atoms with E-state index in [2.05, 4.69) is 102 Å². The van der Waals surface area contributed by atoms with Gasteiger partial charge in [0.25, 0.3) is 5.56 Å². The van der Waals surface area contributed by atoms with Crippen LogP contribution in [0.1, 0.15) is 0 Å². The van der Waals surface area contributed by atoms with Crippen LogP contribution >= 0.6 is 0 Å². The molecule has 0 fully saturated rings. The maximum atomic E-state index is 14.6. The summed E-state index contributed by atoms with van der Waals surface area (Å²) >= 11 is 0. The highest BCUT2D eigenvalue weighted by Crippen LogP contribution is 2.45. The van der Waals surface area contributed by atoms with Crippen LogP contribution < -0.4 is 5.56 Å². The van der Waals surface area contributed by atoms with E-state index in [4.69, 9.17) is 15.0 Å². The lowest BCUT2D eigenvalue weighted by atomic mass is 9.94. The Labute approximate surface area is 344 Å². The number of rotatable bonds is 6. The van der Waals surface area contributed by atoms with Crippen molar-refractivity contribution in [1.82, 2.24) is 23.9 Å². The van der Waals surface area contributed by atoms with Crippen LogP contribution in [0.25, 0.3) is 111 Å². The summed E-state index contributed by atoms with van der Waals surface area (Å²) in [5.74, 6) is 1.77. The molecule has 12 aromatic rings. The standard InChI is InChI=1S/C54H33N5O/c60-53-42-27-14-13-25-40(42)44-32-39(33-45-48(34-17-5-1-6-18-34)49(59(53)50(44)45)35-19-7-2-8-20-35)38-29-30-47-43(31-38)41-26-15-16-28-46(41)58(47)54-56-51(36-21-9-3-10-22-36)55-52(57-54)37-23-11-4-12-24-37/h1-33H. The lowest BCUT2D eigenvalue weighted by Crippen LogP contribution is -2.14. The molecule has 0 saturated carbocycles. The summed E-state index contributed by atoms with van der Waals surface area (Å²) in [6, 6.07) is 68.5. The Hall–Kier alpha value is -8.22. The Kier molecular flexibility index (Phi) is 7.59. The Morgan fingerprint density at radius 2 is 0.850 bits per heavy atom. The molecule has 0 spiro atoms. The van der Waals surface area contributed by atoms with Gasteiger partial charge in [0.2, 0.25) is 5.95 Å². The summed E-state index contributed by atoms with van der Waals surface area (Å²) < 4.78 is 4.11. The van der Waals surface area contributed by atoms with Gasteiger partial charge in [-0.05, 0) is 64.0 Å². The first-order valence-electron chi connectivity index (χ1n) is 20.1. The Balaban J connectivity index is 1.14. The Morgan fingerprint density at radius 3 is 1.50 bits per heavy atom. The second-order valence-electron chi connectivity index (χ2n) is 15.2. The minimum atomic E-state index is -0.0183. The molecule has 0 saturated heterocycles. The highest BCUT2D eigenvalue weighted by Gasteiger charge is 2.25. The first-order valence-corrected chi connectivity index (χ1v) is 20.1. The summed E-state index contributed by atoms with van der Waals surface area (Å²) in [6.07, 6.45) is 0. The van der Waals surface area contributed by atoms with Crippen molar-refractivity contribution < 1.29 is 0 Å². The summed E-state index contributed by atoms with van der Waals surface area (Å²) in [4.78, 5) is 29.8. The fraction of sp³-hybridized carbons (Fsp3) is 0. The van der Waals surface area contributed by atoms with Crippen LogP contribution in [0.3, 0.4) is 0 Å². The smallest absolute Gasteiger partial charge is 0.263 e. The second-order valence-corrected chi connectivity index (χ2v) is 15.2. The first-order chi connectivity index (χ1) is 29.7. The summed E-state index contributed by atoms with van der Waals surface area (Å²) in [7, 11) is 0. The van der Waals surface area contributed by atoms with Crippen LogP contribution in [0.2, 0.25) is 0 Å². The van der Waals surface area contributed by atoms with Gasteiger partial charge in [0.05, 0.1) is 22.2 Å². The maximum absolute atomic E-state index is 14.6. The number of hydrogen-bond acceptors (Lipinski definition) is 4. The van der Waals surface area contributed by atoms with Crippen LogP contribution in [0.15, 0.2) is 205 Å². The van der Waals surface area contributed by atoms with Crippen LogP contribution in [0.4, 0.5) is 0 Å². The first kappa shape index (κ1) is 33.9. The van der Waals surface area contributed by atoms with Crippen molar-refractivity contribution in [2.45, 2.75) is 0 Å². The van der Waals surface area contributed by atoms with Crippen LogP contribution in [-0.4, -0.2) is 23.9 Å². The van der Waals surface area contributed by atoms with E-state index in [0.29, 0.717) is 23.0 Å². The molecule has 0 aliphatic rings. The van der Waals surface area contributed by atoms with Gasteiger partial charge < -0.3 is 0 Å². The third kappa shape index (κ3) is 5.21. The molecule has 0 atom stereocenters. The lowest BCUT2D eigenvalue weighted by molar-refractivity contribution is 0.953. The molecule has 0 bridgehead atoms. The molecule has 4 heterocycles. The quantitative estimate of drug-likeness (QED) is 0.158. The molecule has 280 valence electrons. The van der Waals surface area contributed by atoms with E-state index in [1.165, 1.54) is 0 Å². The van der Waals surface area contributed by atoms with Crippen molar-refractivity contribution in [3.63, 3.8) is 0 Å². The van der Waals surface area contributed by atoms with Crippen LogP contribution in [0.5, 0.6) is 0 Å². The van der Waals surface area contributed by atoms with E-state index in [9.17, 15) is 4.79 Å². The molecule has 0 aliphatic heterocycles. The van der Waals surface area contributed by atoms with Gasteiger partial charge in [-0.2, -0.15) is 9.97 Å². The number of hydrogen-bond donors (Lipinski definition) is 0. The third-order valence-electron chi connectivity index (χ3n) is 11.7. The molecule has 0 N–H and O–H groups in total. The second kappa shape index (κ2) is 13.4. The maximum Gasteiger partial charge on any atom is 0.263 e. The highest BCUT2D eigenvalue weighted by atomic mass is 16.1. The van der Waals surface area contributed by atoms with E-state index >= 15 is 0 Å². The Bertz CT molecular complexity index is 3600. The van der Waals surface area contributed by atoms with E-state index in [-0.39, 0.29) is 5.56 Å². The molecule has 6 heteroatoms. The van der Waals surface area contributed by atoms with Crippen molar-refractivity contribution in [2.75, 3.05) is 0 Å². The van der Waals surface area contributed by atoms with Gasteiger partial charge in [-0.1, -0.05) is 164 Å². The number of nitrogens with zero attached hydrogens (tertiary/aromatic N) is 5. The van der Waals surface area contributed by atoms with Gasteiger partial charge in [0.15, 0.2) is 11.6 Å². The summed E-state index contributed by atoms with van der Waals surface area (Å²) in [5, 5.41) is 5.88. The van der Waals surface area contributed by atoms with Gasteiger partial charge >= 0.3 is 0 Å². The topological polar surface area (TPSA) is 65.1 Å². The number of aromatic nitrogens is 5. The van der Waals surface area contributed by atoms with Crippen LogP contribution in [0, 0.1) is 0 Å². The fourth-order valence-corrected chi connectivity index (χ4v) is 9.05. The normalized spacial score (nSPS) is 11.7. The van der Waals surface area contributed by atoms with Crippen molar-refractivity contribution in [1.29, 1.82) is 0 Å². The van der Waals surface area contributed by atoms with E-state index < -0.39 is 0 Å². The van der Waals surface area contributed by atoms with Crippen LogP contribution in [-0.2, 0) is 0 Å². The largest absolute Gasteiger partial charge is 0.278 e. The van der Waals surface area contributed by atoms with E-state index in [0.717, 1.165) is 88.1 Å². The van der Waals surface area contributed by atoms with E-state index in [1.54, 1.807) is 0 Å². The van der Waals surface area contributed by atoms with Gasteiger partial charge in [0, 0.05) is 43.6 Å². The lowest BCUT2D eigenvalue weighted by Gasteiger charge is -2.12. The minimum Gasteiger partial charge on any atom is -0.278 e. The Morgan fingerprint density at radius 1 is 0.350 bits per heavy atom. The zero-order chi connectivity index (χ0) is 39.7. The molecule has 0 unspecified atom stereocenters. The summed E-state index contributed by atoms with van der Waals surface area (Å²) in [6.45, 7) is 0. The third-order valence-corrected chi connectivity index (χ3v) is 11.7. The van der Waals surface area contributed by atoms with Gasteiger partial charge in [-0.3, -0.25) is 13.8 Å². The fourth-order valence-electron chi connectivity index (χ4n) is 9.05. The van der Waals surface area contributed by atoms with Gasteiger partial charge in [0.1, 0.15) is 0 Å². The predicted octanol–water partition coefficient (Wildman–Crippen LogP) is 12.7. The zero-order valence-corrected chi connectivity index (χ0v) is 32.2. The van der Waals surface area contributed by atoms with E-state index in [1.807, 2.05) is 108 Å². The van der Waals surface area contributed by atoms with Crippen molar-refractivity contribution >= 4 is 48.9 Å². The minimum absolute atomic E-state index is 0.0183. The summed E-state index contributed by atoms with van der Waals surface area (Å²) in [5.41, 5.74) is 10.9. The molecule has 60 heavy (non-hydrogen) atoms. The number of para-hydroxylation sites is 1. The van der Waals surface area contributed by atoms with Crippen molar-refractivity contribution in [2.24, 2.45) is 0 Å². The molecular formula is C54H33N5O. The van der Waals surface area contributed by atoms with Crippen molar-refractivity contribution in [3.8, 4) is 62.2 Å². The molecule has 6 nitrogen and oxygen atoms in total. The number of fused-ring (bicyclic) bond motifs is 5. The molecule has 0 amide bonds. The molecule has 0 aliphatic carbocycles. The van der Waals surface area contributed by atoms with Gasteiger partial charge in [-0.25, -0.2) is 4.98 Å².